The summed E-state index contributed by atoms with van der Waals surface area (Å²) in [5.74, 6) is -1.60. The molecule has 0 saturated heterocycles. The largest absolute Gasteiger partial charge is 0.467 e. The Hall–Kier alpha value is -2.08. The van der Waals surface area contributed by atoms with Crippen LogP contribution in [0.2, 0.25) is 0 Å². The molecular weight excluding hydrogens is 242 g/mol. The van der Waals surface area contributed by atoms with Crippen molar-refractivity contribution in [3.63, 3.8) is 0 Å². The lowest BCUT2D eigenvalue weighted by atomic mass is 10.1. The number of aromatic nitrogens is 2. The Balaban J connectivity index is 2.44. The Bertz CT molecular complexity index is 535. The first-order valence-electron chi connectivity index (χ1n) is 5.11. The second-order valence-electron chi connectivity index (χ2n) is 3.53. The molecule has 0 aliphatic carbocycles. The van der Waals surface area contributed by atoms with E-state index in [2.05, 4.69) is 9.97 Å². The van der Waals surface area contributed by atoms with Crippen LogP contribution in [0.15, 0.2) is 24.5 Å². The average molecular weight is 252 g/mol. The number of benzene rings is 1. The number of rotatable bonds is 3. The fraction of sp³-hybridized carbons (Fsp3) is 0.167. The average Bonchev–Trinajstić information content (AvgIpc) is 2.38. The smallest absolute Gasteiger partial charge is 0.316 e. The van der Waals surface area contributed by atoms with E-state index in [1.807, 2.05) is 0 Å². The summed E-state index contributed by atoms with van der Waals surface area (Å²) < 4.78 is 31.7. The van der Waals surface area contributed by atoms with Crippen LogP contribution >= 0.6 is 0 Å². The van der Waals surface area contributed by atoms with Gasteiger partial charge in [-0.25, -0.2) is 18.7 Å². The van der Waals surface area contributed by atoms with Crippen molar-refractivity contribution in [1.82, 2.24) is 9.97 Å². The van der Waals surface area contributed by atoms with Gasteiger partial charge in [-0.15, -0.1) is 0 Å². The highest BCUT2D eigenvalue weighted by atomic mass is 19.1. The molecule has 0 radical (unpaired) electrons. The van der Waals surface area contributed by atoms with Crippen LogP contribution in [0.25, 0.3) is 11.1 Å². The zero-order valence-electron chi connectivity index (χ0n) is 9.52. The monoisotopic (exact) mass is 252 g/mol. The Labute approximate surface area is 102 Å². The van der Waals surface area contributed by atoms with Gasteiger partial charge in [0.05, 0.1) is 13.7 Å². The minimum atomic E-state index is -0.802. The molecule has 94 valence electrons. The lowest BCUT2D eigenvalue weighted by Gasteiger charge is -2.06. The normalized spacial score (nSPS) is 10.4. The van der Waals surface area contributed by atoms with Gasteiger partial charge in [0.2, 0.25) is 0 Å². The number of halogens is 2. The van der Waals surface area contributed by atoms with Crippen LogP contribution < -0.4 is 4.74 Å². The maximum absolute atomic E-state index is 13.5. The standard InChI is InChI=1S/C12H10F2N2O2/c1-18-12-15-4-8(5-16-12)7-2-10(13)9(6-17)11(14)3-7/h2-5,17H,6H2,1H3. The van der Waals surface area contributed by atoms with Gasteiger partial charge in [-0.05, 0) is 17.7 Å². The zero-order valence-corrected chi connectivity index (χ0v) is 9.52. The number of nitrogens with zero attached hydrogens (tertiary/aromatic N) is 2. The summed E-state index contributed by atoms with van der Waals surface area (Å²) in [6.07, 6.45) is 2.80. The third kappa shape index (κ3) is 2.28. The van der Waals surface area contributed by atoms with E-state index in [1.165, 1.54) is 19.5 Å². The van der Waals surface area contributed by atoms with E-state index in [0.717, 1.165) is 12.1 Å². The van der Waals surface area contributed by atoms with Crippen LogP contribution in [0.3, 0.4) is 0 Å². The van der Waals surface area contributed by atoms with Gasteiger partial charge in [0.15, 0.2) is 0 Å². The quantitative estimate of drug-likeness (QED) is 0.906. The number of ether oxygens (including phenoxy) is 1. The molecule has 6 heteroatoms. The summed E-state index contributed by atoms with van der Waals surface area (Å²) in [6, 6.07) is 2.42. The van der Waals surface area contributed by atoms with Gasteiger partial charge in [-0.3, -0.25) is 0 Å². The van der Waals surface area contributed by atoms with Crippen molar-refractivity contribution in [1.29, 1.82) is 0 Å². The topological polar surface area (TPSA) is 55.2 Å². The molecule has 0 bridgehead atoms. The third-order valence-corrected chi connectivity index (χ3v) is 2.44. The number of hydrogen-bond acceptors (Lipinski definition) is 4. The molecule has 1 aromatic carbocycles. The number of methoxy groups -OCH3 is 1. The third-order valence-electron chi connectivity index (χ3n) is 2.44. The summed E-state index contributed by atoms with van der Waals surface area (Å²) >= 11 is 0. The molecule has 2 aromatic rings. The Morgan fingerprint density at radius 3 is 2.11 bits per heavy atom. The Kier molecular flexibility index (Phi) is 3.47. The molecule has 1 aromatic heterocycles. The molecule has 0 spiro atoms. The van der Waals surface area contributed by atoms with E-state index in [-0.39, 0.29) is 11.6 Å². The van der Waals surface area contributed by atoms with Crippen molar-refractivity contribution in [2.75, 3.05) is 7.11 Å². The van der Waals surface area contributed by atoms with Gasteiger partial charge >= 0.3 is 6.01 Å². The number of hydrogen-bond donors (Lipinski definition) is 1. The van der Waals surface area contributed by atoms with E-state index < -0.39 is 18.2 Å². The minimum Gasteiger partial charge on any atom is -0.467 e. The van der Waals surface area contributed by atoms with Gasteiger partial charge < -0.3 is 9.84 Å². The molecule has 1 heterocycles. The van der Waals surface area contributed by atoms with Gasteiger partial charge in [-0.2, -0.15) is 0 Å². The van der Waals surface area contributed by atoms with Crippen LogP contribution in [0.1, 0.15) is 5.56 Å². The van der Waals surface area contributed by atoms with Crippen molar-refractivity contribution in [3.8, 4) is 17.1 Å². The summed E-state index contributed by atoms with van der Waals surface area (Å²) in [5.41, 5.74) is 0.399. The predicted molar refractivity (Wildman–Crippen MR) is 59.9 cm³/mol. The highest BCUT2D eigenvalue weighted by molar-refractivity contribution is 5.62. The van der Waals surface area contributed by atoms with Crippen LogP contribution in [0.5, 0.6) is 6.01 Å². The van der Waals surface area contributed by atoms with Crippen LogP contribution in [0, 0.1) is 11.6 Å². The fourth-order valence-corrected chi connectivity index (χ4v) is 1.49. The van der Waals surface area contributed by atoms with Gasteiger partial charge in [0.25, 0.3) is 0 Å². The first-order chi connectivity index (χ1) is 8.65. The molecule has 0 aliphatic heterocycles. The summed E-state index contributed by atoms with van der Waals surface area (Å²) in [5, 5.41) is 8.81. The van der Waals surface area contributed by atoms with Gasteiger partial charge in [-0.1, -0.05) is 0 Å². The zero-order chi connectivity index (χ0) is 13.1. The van der Waals surface area contributed by atoms with Crippen molar-refractivity contribution >= 4 is 0 Å². The van der Waals surface area contributed by atoms with Gasteiger partial charge in [0, 0.05) is 23.5 Å². The maximum atomic E-state index is 13.5. The van der Waals surface area contributed by atoms with E-state index in [1.54, 1.807) is 0 Å². The van der Waals surface area contributed by atoms with Crippen LogP contribution in [-0.4, -0.2) is 22.2 Å². The Morgan fingerprint density at radius 1 is 1.11 bits per heavy atom. The molecular formula is C12H10F2N2O2. The lowest BCUT2D eigenvalue weighted by molar-refractivity contribution is 0.269. The predicted octanol–water partition coefficient (Wildman–Crippen LogP) is 1.92. The second kappa shape index (κ2) is 5.05. The molecule has 0 saturated carbocycles. The number of aliphatic hydroxyl groups excluding tert-OH is 1. The van der Waals surface area contributed by atoms with E-state index in [0.29, 0.717) is 11.1 Å². The second-order valence-corrected chi connectivity index (χ2v) is 3.53. The molecule has 0 unspecified atom stereocenters. The van der Waals surface area contributed by atoms with Crippen molar-refractivity contribution in [2.24, 2.45) is 0 Å². The minimum absolute atomic E-state index is 0.173. The molecule has 18 heavy (non-hydrogen) atoms. The van der Waals surface area contributed by atoms with Crippen LogP contribution in [0.4, 0.5) is 8.78 Å². The van der Waals surface area contributed by atoms with Crippen LogP contribution in [-0.2, 0) is 6.61 Å². The molecule has 0 fully saturated rings. The van der Waals surface area contributed by atoms with Crippen molar-refractivity contribution in [3.05, 3.63) is 41.7 Å². The molecule has 0 atom stereocenters. The number of aliphatic hydroxyl groups is 1. The SMILES string of the molecule is COc1ncc(-c2cc(F)c(CO)c(F)c2)cn1. The van der Waals surface area contributed by atoms with E-state index in [9.17, 15) is 8.78 Å². The lowest BCUT2D eigenvalue weighted by Crippen LogP contribution is -1.97. The van der Waals surface area contributed by atoms with Crippen molar-refractivity contribution < 1.29 is 18.6 Å². The highest BCUT2D eigenvalue weighted by Crippen LogP contribution is 2.24. The van der Waals surface area contributed by atoms with Gasteiger partial charge in [0.1, 0.15) is 11.6 Å². The summed E-state index contributed by atoms with van der Waals surface area (Å²) in [7, 11) is 1.42. The first-order valence-corrected chi connectivity index (χ1v) is 5.11. The molecule has 2 rings (SSSR count). The maximum Gasteiger partial charge on any atom is 0.316 e. The molecule has 1 N–H and O–H groups in total. The van der Waals surface area contributed by atoms with Crippen molar-refractivity contribution in [2.45, 2.75) is 6.61 Å². The first kappa shape index (κ1) is 12.4. The molecule has 4 nitrogen and oxygen atoms in total. The molecule has 0 amide bonds. The molecule has 0 aliphatic rings. The van der Waals surface area contributed by atoms with E-state index in [4.69, 9.17) is 9.84 Å². The van der Waals surface area contributed by atoms with E-state index >= 15 is 0 Å². The summed E-state index contributed by atoms with van der Waals surface area (Å²) in [6.45, 7) is -0.683. The fourth-order valence-electron chi connectivity index (χ4n) is 1.49. The highest BCUT2D eigenvalue weighted by Gasteiger charge is 2.11. The summed E-state index contributed by atoms with van der Waals surface area (Å²) in [4.78, 5) is 7.70. The Morgan fingerprint density at radius 2 is 1.67 bits per heavy atom.